The average molecular weight is 1520 g/mol. The van der Waals surface area contributed by atoms with Crippen molar-refractivity contribution in [1.29, 1.82) is 0 Å². The second kappa shape index (κ2) is 27.5. The van der Waals surface area contributed by atoms with Gasteiger partial charge in [0.15, 0.2) is 0 Å². The molecule has 2 aromatic heterocycles. The summed E-state index contributed by atoms with van der Waals surface area (Å²) >= 11 is 0. The maximum atomic E-state index is 2.76. The first-order valence-corrected chi connectivity index (χ1v) is 42.4. The zero-order valence-corrected chi connectivity index (χ0v) is 72.6. The molecule has 0 amide bonds. The molecule has 0 spiro atoms. The fourth-order valence-electron chi connectivity index (χ4n) is 18.7. The molecular weight excluding hydrogens is 1410 g/mol. The van der Waals surface area contributed by atoms with E-state index in [0.29, 0.717) is 0 Å². The molecule has 0 bridgehead atoms. The molecule has 14 aromatic carbocycles. The van der Waals surface area contributed by atoms with E-state index in [-0.39, 0.29) is 44.6 Å². The Bertz CT molecular complexity index is 6430. The Morgan fingerprint density at radius 3 is 0.829 bits per heavy atom. The van der Waals surface area contributed by atoms with Crippen LogP contribution in [0, 0.1) is 0 Å². The lowest BCUT2D eigenvalue weighted by Gasteiger charge is -2.46. The molecule has 0 radical (unpaired) electrons. The summed E-state index contributed by atoms with van der Waals surface area (Å²) in [6.07, 6.45) is 0. The molecule has 0 atom stereocenters. The Morgan fingerprint density at radius 2 is 0.513 bits per heavy atom. The van der Waals surface area contributed by atoms with E-state index >= 15 is 0 Å². The number of nitrogens with zero attached hydrogens (tertiary/aromatic N) is 4. The first kappa shape index (κ1) is 76.6. The number of anilines is 6. The van der Waals surface area contributed by atoms with Gasteiger partial charge >= 0.3 is 0 Å². The van der Waals surface area contributed by atoms with E-state index in [1.54, 1.807) is 0 Å². The van der Waals surface area contributed by atoms with E-state index in [0.717, 1.165) is 95.6 Å². The van der Waals surface area contributed by atoms with Gasteiger partial charge in [0.05, 0.1) is 33.4 Å². The van der Waals surface area contributed by atoms with Gasteiger partial charge in [0, 0.05) is 77.9 Å². The van der Waals surface area contributed by atoms with Crippen LogP contribution in [0.25, 0.3) is 111 Å². The monoisotopic (exact) mass is 1520 g/mol. The van der Waals surface area contributed by atoms with Gasteiger partial charge in [-0.1, -0.05) is 352 Å². The van der Waals surface area contributed by atoms with Crippen LogP contribution in [0.1, 0.15) is 184 Å². The lowest BCUT2D eigenvalue weighted by Crippen LogP contribution is -2.61. The molecule has 2 aliphatic rings. The molecule has 0 saturated carbocycles. The SMILES string of the molecule is CC(C)(C)c1ccc(-c2cccc(-c3ccccc3)c2N2c3cc(-n4c5ccc(C(C)(C)C)cc5c5cc(C(C)(C)C)ccc54)ccc3B3c4ccc(-n5c6ccc(C(C)(C)C)cc6c6cc(C(C)(C)C)ccc65)cc4N(c4c(-c5ccccc5)cccc4-c4ccccc4)c4cc(-c5ccc(C(C)(C)C)cc5C(C)(C)C)cc2c43)cc1. The molecule has 4 heterocycles. The van der Waals surface area contributed by atoms with Crippen molar-refractivity contribution in [3.05, 3.63) is 330 Å². The summed E-state index contributed by atoms with van der Waals surface area (Å²) in [6, 6.07) is 114. The first-order chi connectivity index (χ1) is 55.5. The second-order valence-electron chi connectivity index (χ2n) is 40.7. The van der Waals surface area contributed by atoms with Crippen LogP contribution in [0.15, 0.2) is 291 Å². The standard InChI is InChI=1S/C112H111BN4/c1-106(2,3)75-45-43-73(44-46-75)87-42-32-41-86(72-37-29-24-30-38-72)105(87)117-100-69-82(115-97-59-50-78(109(10,11)12)65-90(97)91-66-79(110(13,14)15)51-60-98(91)115)53-56-94(100)113-93-55-52-81(114-95-57-48-76(107(4,5)6)63-88(95)89-64-77(108(7,8)9)49-58-96(89)114)68-99(93)116(104-84(70-33-25-22-26-34-70)39-31-40-85(104)71-35-27-23-28-36-71)101-61-74(62-102(117)103(101)113)83-54-47-80(111(16,17)18)67-92(83)112(19,20)21/h22-69H,1-21H3. The Morgan fingerprint density at radius 1 is 0.214 bits per heavy atom. The van der Waals surface area contributed by atoms with Gasteiger partial charge in [-0.25, -0.2) is 0 Å². The number of benzene rings is 14. The van der Waals surface area contributed by atoms with Crippen LogP contribution >= 0.6 is 0 Å². The molecule has 582 valence electrons. The maximum absolute atomic E-state index is 2.76. The smallest absolute Gasteiger partial charge is 0.252 e. The molecule has 18 rings (SSSR count). The third-order valence-corrected chi connectivity index (χ3v) is 25.4. The Hall–Kier alpha value is -11.7. The van der Waals surface area contributed by atoms with Crippen molar-refractivity contribution < 1.29 is 0 Å². The average Bonchev–Trinajstić information content (AvgIpc) is 0.921. The number of para-hydroxylation sites is 2. The van der Waals surface area contributed by atoms with E-state index in [1.165, 1.54) is 105 Å². The topological polar surface area (TPSA) is 16.3 Å². The first-order valence-electron chi connectivity index (χ1n) is 42.4. The van der Waals surface area contributed by atoms with Crippen LogP contribution in [0.4, 0.5) is 34.1 Å². The maximum Gasteiger partial charge on any atom is 0.252 e. The molecule has 0 unspecified atom stereocenters. The van der Waals surface area contributed by atoms with Gasteiger partial charge in [0.2, 0.25) is 0 Å². The quantitative estimate of drug-likeness (QED) is 0.134. The fourth-order valence-corrected chi connectivity index (χ4v) is 18.7. The van der Waals surface area contributed by atoms with Crippen LogP contribution < -0.4 is 26.2 Å². The van der Waals surface area contributed by atoms with Crippen LogP contribution in [0.5, 0.6) is 0 Å². The number of fused-ring (bicyclic) bond motifs is 10. The second-order valence-corrected chi connectivity index (χ2v) is 40.7. The zero-order valence-electron chi connectivity index (χ0n) is 72.6. The minimum Gasteiger partial charge on any atom is -0.310 e. The Balaban J connectivity index is 1.04. The predicted octanol–water partition coefficient (Wildman–Crippen LogP) is 29.4. The number of aromatic nitrogens is 2. The normalized spacial score (nSPS) is 13.5. The number of hydrogen-bond acceptors (Lipinski definition) is 2. The third-order valence-electron chi connectivity index (χ3n) is 25.4. The highest BCUT2D eigenvalue weighted by molar-refractivity contribution is 7.00. The molecular formula is C112H111BN4. The van der Waals surface area contributed by atoms with Gasteiger partial charge < -0.3 is 18.9 Å². The molecule has 4 nitrogen and oxygen atoms in total. The van der Waals surface area contributed by atoms with E-state index in [2.05, 4.69) is 456 Å². The molecule has 0 fully saturated rings. The molecule has 5 heteroatoms. The largest absolute Gasteiger partial charge is 0.310 e. The Labute approximate surface area is 695 Å². The minimum absolute atomic E-state index is 0.0609. The van der Waals surface area contributed by atoms with Gasteiger partial charge in [-0.05, 0) is 212 Å². The molecule has 2 aliphatic heterocycles. The lowest BCUT2D eigenvalue weighted by atomic mass is 9.33. The molecule has 0 N–H and O–H groups in total. The van der Waals surface area contributed by atoms with E-state index in [4.69, 9.17) is 0 Å². The van der Waals surface area contributed by atoms with Crippen LogP contribution in [0.2, 0.25) is 0 Å². The highest BCUT2D eigenvalue weighted by Gasteiger charge is 2.47. The summed E-state index contributed by atoms with van der Waals surface area (Å²) in [5.74, 6) is 0. The van der Waals surface area contributed by atoms with Gasteiger partial charge in [-0.15, -0.1) is 0 Å². The van der Waals surface area contributed by atoms with Crippen molar-refractivity contribution in [3.63, 3.8) is 0 Å². The molecule has 16 aromatic rings. The van der Waals surface area contributed by atoms with Crippen molar-refractivity contribution in [2.24, 2.45) is 0 Å². The third kappa shape index (κ3) is 13.2. The number of hydrogen-bond donors (Lipinski definition) is 0. The molecule has 0 aliphatic carbocycles. The summed E-state index contributed by atoms with van der Waals surface area (Å²) in [7, 11) is 0. The van der Waals surface area contributed by atoms with Crippen molar-refractivity contribution in [3.8, 4) is 67.0 Å². The summed E-state index contributed by atoms with van der Waals surface area (Å²) in [4.78, 5) is 5.50. The van der Waals surface area contributed by atoms with Crippen molar-refractivity contribution in [2.75, 3.05) is 9.80 Å². The summed E-state index contributed by atoms with van der Waals surface area (Å²) in [6.45, 7) is 49.1. The van der Waals surface area contributed by atoms with Gasteiger partial charge in [-0.3, -0.25) is 0 Å². The Kier molecular flexibility index (Phi) is 18.0. The van der Waals surface area contributed by atoms with Crippen LogP contribution in [-0.4, -0.2) is 15.8 Å². The van der Waals surface area contributed by atoms with Gasteiger partial charge in [0.1, 0.15) is 0 Å². The van der Waals surface area contributed by atoms with Crippen LogP contribution in [0.3, 0.4) is 0 Å². The summed E-state index contributed by atoms with van der Waals surface area (Å²) < 4.78 is 5.16. The van der Waals surface area contributed by atoms with Gasteiger partial charge in [-0.2, -0.15) is 0 Å². The van der Waals surface area contributed by atoms with E-state index < -0.39 is 0 Å². The minimum atomic E-state index is -0.291. The summed E-state index contributed by atoms with van der Waals surface area (Å²) in [5, 5.41) is 5.04. The highest BCUT2D eigenvalue weighted by Crippen LogP contribution is 2.56. The molecule has 117 heavy (non-hydrogen) atoms. The predicted molar refractivity (Wildman–Crippen MR) is 507 cm³/mol. The van der Waals surface area contributed by atoms with E-state index in [9.17, 15) is 0 Å². The van der Waals surface area contributed by atoms with Crippen LogP contribution in [-0.2, 0) is 37.9 Å². The zero-order chi connectivity index (χ0) is 82.1. The summed E-state index contributed by atoms with van der Waals surface area (Å²) in [5.41, 5.74) is 37.3. The molecule has 0 saturated heterocycles. The number of rotatable bonds is 9. The van der Waals surface area contributed by atoms with E-state index in [1.807, 2.05) is 0 Å². The van der Waals surface area contributed by atoms with Crippen molar-refractivity contribution in [1.82, 2.24) is 9.13 Å². The fraction of sp³-hybridized carbons (Fsp3) is 0.250. The van der Waals surface area contributed by atoms with Gasteiger partial charge in [0.25, 0.3) is 6.71 Å². The van der Waals surface area contributed by atoms with Crippen molar-refractivity contribution in [2.45, 2.75) is 183 Å². The highest BCUT2D eigenvalue weighted by atomic mass is 15.2. The lowest BCUT2D eigenvalue weighted by molar-refractivity contribution is 0.569. The van der Waals surface area contributed by atoms with Crippen molar-refractivity contribution >= 4 is 101 Å².